The summed E-state index contributed by atoms with van der Waals surface area (Å²) in [5.74, 6) is 1.06. The van der Waals surface area contributed by atoms with Crippen molar-refractivity contribution in [1.82, 2.24) is 9.88 Å². The quantitative estimate of drug-likeness (QED) is 0.790. The van der Waals surface area contributed by atoms with Gasteiger partial charge in [-0.25, -0.2) is 4.98 Å². The highest BCUT2D eigenvalue weighted by Gasteiger charge is 2.17. The fourth-order valence-corrected chi connectivity index (χ4v) is 3.01. The summed E-state index contributed by atoms with van der Waals surface area (Å²) < 4.78 is 0. The lowest BCUT2D eigenvalue weighted by Crippen LogP contribution is -2.46. The summed E-state index contributed by atoms with van der Waals surface area (Å²) >= 11 is 5.42. The molecule has 4 nitrogen and oxygen atoms in total. The number of pyridine rings is 1. The molecule has 0 bridgehead atoms. The standard InChI is InChI=1S/C18H20ClN3O/c19-17(23)13-15-4-6-16(7-5-15)14-21-9-11-22(12-10-21)18-3-1-2-8-20-18/h1-8H,9-14H2. The van der Waals surface area contributed by atoms with E-state index in [9.17, 15) is 4.79 Å². The van der Waals surface area contributed by atoms with Gasteiger partial charge in [-0.05, 0) is 34.9 Å². The average Bonchev–Trinajstić information content (AvgIpc) is 2.58. The Balaban J connectivity index is 1.51. The molecule has 1 aromatic carbocycles. The molecule has 2 aromatic rings. The first-order chi connectivity index (χ1) is 11.2. The molecule has 0 atom stereocenters. The molecule has 120 valence electrons. The first kappa shape index (κ1) is 16.0. The van der Waals surface area contributed by atoms with Crippen LogP contribution in [0.25, 0.3) is 0 Å². The van der Waals surface area contributed by atoms with Crippen molar-refractivity contribution in [3.8, 4) is 0 Å². The minimum atomic E-state index is -0.316. The van der Waals surface area contributed by atoms with Gasteiger partial charge in [0, 0.05) is 45.3 Å². The van der Waals surface area contributed by atoms with Crippen LogP contribution in [0.15, 0.2) is 48.7 Å². The summed E-state index contributed by atoms with van der Waals surface area (Å²) in [4.78, 5) is 20.1. The lowest BCUT2D eigenvalue weighted by atomic mass is 10.1. The number of aromatic nitrogens is 1. The monoisotopic (exact) mass is 329 g/mol. The molecule has 0 saturated carbocycles. The third-order valence-corrected chi connectivity index (χ3v) is 4.25. The first-order valence-corrected chi connectivity index (χ1v) is 8.23. The second kappa shape index (κ2) is 7.57. The molecule has 1 aliphatic heterocycles. The zero-order chi connectivity index (χ0) is 16.1. The maximum absolute atomic E-state index is 10.9. The van der Waals surface area contributed by atoms with Crippen LogP contribution in [-0.4, -0.2) is 41.3 Å². The number of benzene rings is 1. The first-order valence-electron chi connectivity index (χ1n) is 7.85. The molecule has 1 aromatic heterocycles. The van der Waals surface area contributed by atoms with Crippen molar-refractivity contribution in [3.05, 3.63) is 59.8 Å². The van der Waals surface area contributed by atoms with Gasteiger partial charge in [-0.3, -0.25) is 9.69 Å². The Morgan fingerprint density at radius 2 is 1.70 bits per heavy atom. The maximum atomic E-state index is 10.9. The number of hydrogen-bond donors (Lipinski definition) is 0. The van der Waals surface area contributed by atoms with E-state index in [0.29, 0.717) is 6.42 Å². The Bertz CT molecular complexity index is 637. The topological polar surface area (TPSA) is 36.4 Å². The molecule has 0 amide bonds. The van der Waals surface area contributed by atoms with Crippen LogP contribution >= 0.6 is 11.6 Å². The van der Waals surface area contributed by atoms with E-state index in [4.69, 9.17) is 11.6 Å². The smallest absolute Gasteiger partial charge is 0.226 e. The fourth-order valence-electron chi connectivity index (χ4n) is 2.86. The van der Waals surface area contributed by atoms with E-state index in [1.165, 1.54) is 5.56 Å². The van der Waals surface area contributed by atoms with Crippen molar-refractivity contribution in [2.75, 3.05) is 31.1 Å². The number of carbonyl (C=O) groups is 1. The largest absolute Gasteiger partial charge is 0.354 e. The van der Waals surface area contributed by atoms with Crippen LogP contribution in [0.1, 0.15) is 11.1 Å². The van der Waals surface area contributed by atoms with Gasteiger partial charge in [0.25, 0.3) is 0 Å². The summed E-state index contributed by atoms with van der Waals surface area (Å²) in [7, 11) is 0. The lowest BCUT2D eigenvalue weighted by Gasteiger charge is -2.35. The lowest BCUT2D eigenvalue weighted by molar-refractivity contribution is -0.111. The van der Waals surface area contributed by atoms with Crippen LogP contribution in [0, 0.1) is 0 Å². The van der Waals surface area contributed by atoms with E-state index in [-0.39, 0.29) is 5.24 Å². The molecule has 0 spiro atoms. The van der Waals surface area contributed by atoms with Crippen LogP contribution in [-0.2, 0) is 17.8 Å². The van der Waals surface area contributed by atoms with Crippen LogP contribution in [0.3, 0.4) is 0 Å². The fraction of sp³-hybridized carbons (Fsp3) is 0.333. The summed E-state index contributed by atoms with van der Waals surface area (Å²) in [6.07, 6.45) is 2.14. The molecule has 0 radical (unpaired) electrons. The highest BCUT2D eigenvalue weighted by atomic mass is 35.5. The molecule has 2 heterocycles. The SMILES string of the molecule is O=C(Cl)Cc1ccc(CN2CCN(c3ccccn3)CC2)cc1. The molecule has 1 aliphatic rings. The van der Waals surface area contributed by atoms with E-state index < -0.39 is 0 Å². The van der Waals surface area contributed by atoms with Gasteiger partial charge < -0.3 is 4.90 Å². The second-order valence-corrected chi connectivity index (χ2v) is 6.22. The molecular weight excluding hydrogens is 310 g/mol. The highest BCUT2D eigenvalue weighted by molar-refractivity contribution is 6.63. The number of nitrogens with zero attached hydrogens (tertiary/aromatic N) is 3. The minimum Gasteiger partial charge on any atom is -0.354 e. The van der Waals surface area contributed by atoms with E-state index in [2.05, 4.69) is 33.0 Å². The van der Waals surface area contributed by atoms with E-state index in [1.807, 2.05) is 30.5 Å². The zero-order valence-corrected chi connectivity index (χ0v) is 13.7. The molecule has 3 rings (SSSR count). The average molecular weight is 330 g/mol. The van der Waals surface area contributed by atoms with Crippen molar-refractivity contribution in [2.45, 2.75) is 13.0 Å². The van der Waals surface area contributed by atoms with E-state index in [0.717, 1.165) is 44.1 Å². The van der Waals surface area contributed by atoms with Gasteiger partial charge in [0.15, 0.2) is 0 Å². The number of halogens is 1. The number of anilines is 1. The van der Waals surface area contributed by atoms with Crippen LogP contribution in [0.2, 0.25) is 0 Å². The zero-order valence-electron chi connectivity index (χ0n) is 13.0. The van der Waals surface area contributed by atoms with Gasteiger partial charge in [-0.1, -0.05) is 30.3 Å². The van der Waals surface area contributed by atoms with Gasteiger partial charge in [-0.2, -0.15) is 0 Å². The summed E-state index contributed by atoms with van der Waals surface area (Å²) in [5, 5.41) is -0.316. The summed E-state index contributed by atoms with van der Waals surface area (Å²) in [5.41, 5.74) is 2.23. The molecule has 0 unspecified atom stereocenters. The molecule has 1 fully saturated rings. The number of piperazine rings is 1. The Morgan fingerprint density at radius 1 is 1.00 bits per heavy atom. The number of hydrogen-bond acceptors (Lipinski definition) is 4. The Labute approximate surface area is 141 Å². The molecular formula is C18H20ClN3O. The minimum absolute atomic E-state index is 0.296. The second-order valence-electron chi connectivity index (χ2n) is 5.80. The Hall–Kier alpha value is -1.91. The summed E-state index contributed by atoms with van der Waals surface area (Å²) in [6.45, 7) is 4.98. The van der Waals surface area contributed by atoms with Crippen LogP contribution in [0.4, 0.5) is 5.82 Å². The third kappa shape index (κ3) is 4.53. The van der Waals surface area contributed by atoms with Gasteiger partial charge in [0.05, 0.1) is 0 Å². The predicted molar refractivity (Wildman–Crippen MR) is 92.7 cm³/mol. The van der Waals surface area contributed by atoms with Gasteiger partial charge in [-0.15, -0.1) is 0 Å². The molecule has 23 heavy (non-hydrogen) atoms. The number of rotatable bonds is 5. The van der Waals surface area contributed by atoms with Gasteiger partial charge in [0.1, 0.15) is 5.82 Å². The van der Waals surface area contributed by atoms with Crippen molar-refractivity contribution in [2.24, 2.45) is 0 Å². The molecule has 0 aliphatic carbocycles. The van der Waals surface area contributed by atoms with Crippen LogP contribution < -0.4 is 4.90 Å². The molecule has 0 N–H and O–H groups in total. The molecule has 1 saturated heterocycles. The van der Waals surface area contributed by atoms with Crippen LogP contribution in [0.5, 0.6) is 0 Å². The van der Waals surface area contributed by atoms with Crippen molar-refractivity contribution in [3.63, 3.8) is 0 Å². The van der Waals surface area contributed by atoms with Gasteiger partial charge >= 0.3 is 0 Å². The maximum Gasteiger partial charge on any atom is 0.226 e. The third-order valence-electron chi connectivity index (χ3n) is 4.12. The Morgan fingerprint density at radius 3 is 2.30 bits per heavy atom. The van der Waals surface area contributed by atoms with E-state index >= 15 is 0 Å². The Kier molecular flexibility index (Phi) is 5.26. The highest BCUT2D eigenvalue weighted by Crippen LogP contribution is 2.15. The van der Waals surface area contributed by atoms with Crippen molar-refractivity contribution < 1.29 is 4.79 Å². The predicted octanol–water partition coefficient (Wildman–Crippen LogP) is 2.71. The van der Waals surface area contributed by atoms with Gasteiger partial charge in [0.2, 0.25) is 5.24 Å². The number of carbonyl (C=O) groups excluding carboxylic acids is 1. The molecule has 5 heteroatoms. The van der Waals surface area contributed by atoms with E-state index in [1.54, 1.807) is 0 Å². The van der Waals surface area contributed by atoms with Crippen molar-refractivity contribution >= 4 is 22.7 Å². The normalized spacial score (nSPS) is 15.6. The van der Waals surface area contributed by atoms with Crippen molar-refractivity contribution in [1.29, 1.82) is 0 Å². The summed E-state index contributed by atoms with van der Waals surface area (Å²) in [6, 6.07) is 14.2.